The quantitative estimate of drug-likeness (QED) is 0.186. The number of nitriles is 1. The van der Waals surface area contributed by atoms with Crippen molar-refractivity contribution in [2.75, 3.05) is 32.9 Å². The monoisotopic (exact) mass is 369 g/mol. The van der Waals surface area contributed by atoms with Crippen LogP contribution in [0.25, 0.3) is 11.0 Å². The van der Waals surface area contributed by atoms with E-state index >= 15 is 0 Å². The van der Waals surface area contributed by atoms with Crippen LogP contribution in [0.4, 0.5) is 0 Å². The van der Waals surface area contributed by atoms with Gasteiger partial charge in [-0.05, 0) is 31.8 Å². The molecule has 0 aliphatic carbocycles. The molecule has 0 saturated heterocycles. The minimum absolute atomic E-state index is 0.235. The Bertz CT molecular complexity index is 829. The summed E-state index contributed by atoms with van der Waals surface area (Å²) >= 11 is 1.75. The third-order valence-corrected chi connectivity index (χ3v) is 4.40. The van der Waals surface area contributed by atoms with E-state index < -0.39 is 0 Å². The van der Waals surface area contributed by atoms with Crippen LogP contribution in [0.1, 0.15) is 11.3 Å². The topological polar surface area (TPSA) is 76.6 Å². The minimum atomic E-state index is 0.235. The van der Waals surface area contributed by atoms with Crippen molar-refractivity contribution >= 4 is 28.7 Å². The molecule has 0 fully saturated rings. The molecule has 1 heterocycles. The first-order valence-electron chi connectivity index (χ1n) is 8.23. The molecule has 0 atom stereocenters. The molecule has 26 heavy (non-hydrogen) atoms. The number of nitrogens with one attached hydrogen (secondary N) is 2. The fraction of sp³-hybridized carbons (Fsp3) is 0.368. The van der Waals surface area contributed by atoms with Gasteiger partial charge in [-0.25, -0.2) is 4.99 Å². The second-order valence-electron chi connectivity index (χ2n) is 5.91. The van der Waals surface area contributed by atoms with Crippen molar-refractivity contribution in [3.05, 3.63) is 35.6 Å². The van der Waals surface area contributed by atoms with Gasteiger partial charge < -0.3 is 14.6 Å². The molecule has 1 aromatic heterocycles. The molecule has 0 aliphatic heterocycles. The molecular weight excluding hydrogens is 346 g/mol. The second-order valence-corrected chi connectivity index (χ2v) is 7.01. The zero-order chi connectivity index (χ0) is 18.8. The van der Waals surface area contributed by atoms with Crippen LogP contribution in [-0.4, -0.2) is 43.8 Å². The molecule has 2 aromatic rings. The summed E-state index contributed by atoms with van der Waals surface area (Å²) in [5.41, 5.74) is 2.17. The van der Waals surface area contributed by atoms with Crippen molar-refractivity contribution in [1.29, 1.82) is 5.26 Å². The minimum Gasteiger partial charge on any atom is -0.460 e. The Kier molecular flexibility index (Phi) is 7.88. The molecule has 136 valence electrons. The maximum Gasteiger partial charge on any atom is 0.205 e. The van der Waals surface area contributed by atoms with E-state index in [1.54, 1.807) is 11.8 Å². The van der Waals surface area contributed by atoms with E-state index in [0.717, 1.165) is 34.8 Å². The van der Waals surface area contributed by atoms with Crippen LogP contribution in [0.15, 0.2) is 33.7 Å². The molecule has 6 nitrogen and oxygen atoms in total. The summed E-state index contributed by atoms with van der Waals surface area (Å²) in [5.74, 6) is 5.42. The number of thioether (sulfide) groups is 1. The Hall–Kier alpha value is -2.61. The average Bonchev–Trinajstić information content (AvgIpc) is 3.00. The van der Waals surface area contributed by atoms with Gasteiger partial charge in [-0.2, -0.15) is 17.0 Å². The number of aliphatic imine (C=N–C) groups is 1. The number of nitrogens with zero attached hydrogens (tertiary/aromatic N) is 3. The molecule has 7 heteroatoms. The van der Waals surface area contributed by atoms with Gasteiger partial charge in [-0.1, -0.05) is 18.1 Å². The standard InChI is InChI=1S/C19H23N5OS/c1-4-7-21-19(23-14-20)22-8-9-26-13-17-11-16-6-5-15(12-24(2)3)10-18(16)25-17/h1,5-6,10-11H,7-9,12-13H2,2-3H3,(H2,21,22,23). The van der Waals surface area contributed by atoms with E-state index in [0.29, 0.717) is 12.5 Å². The maximum absolute atomic E-state index is 8.67. The molecule has 0 aliphatic rings. The zero-order valence-electron chi connectivity index (χ0n) is 15.1. The van der Waals surface area contributed by atoms with Crippen LogP contribution in [0, 0.1) is 23.8 Å². The lowest BCUT2D eigenvalue weighted by Crippen LogP contribution is -2.36. The second kappa shape index (κ2) is 10.4. The van der Waals surface area contributed by atoms with Crippen LogP contribution in [-0.2, 0) is 12.3 Å². The Balaban J connectivity index is 1.80. The lowest BCUT2D eigenvalue weighted by molar-refractivity contribution is 0.402. The van der Waals surface area contributed by atoms with Gasteiger partial charge in [0.05, 0.1) is 5.75 Å². The fourth-order valence-electron chi connectivity index (χ4n) is 2.40. The van der Waals surface area contributed by atoms with Crippen LogP contribution in [0.3, 0.4) is 0 Å². The Morgan fingerprint density at radius 3 is 2.96 bits per heavy atom. The van der Waals surface area contributed by atoms with Gasteiger partial charge in [0.25, 0.3) is 0 Å². The summed E-state index contributed by atoms with van der Waals surface area (Å²) < 4.78 is 5.95. The van der Waals surface area contributed by atoms with E-state index in [1.165, 1.54) is 5.56 Å². The lowest BCUT2D eigenvalue weighted by atomic mass is 10.1. The number of hydrogen-bond acceptors (Lipinski definition) is 5. The highest BCUT2D eigenvalue weighted by Crippen LogP contribution is 2.24. The van der Waals surface area contributed by atoms with Crippen LogP contribution < -0.4 is 10.6 Å². The summed E-state index contributed by atoms with van der Waals surface area (Å²) in [6, 6.07) is 8.44. The van der Waals surface area contributed by atoms with Gasteiger partial charge in [-0.3, -0.25) is 5.32 Å². The lowest BCUT2D eigenvalue weighted by Gasteiger charge is -2.08. The third-order valence-electron chi connectivity index (χ3n) is 3.42. The van der Waals surface area contributed by atoms with E-state index in [1.807, 2.05) is 6.19 Å². The van der Waals surface area contributed by atoms with E-state index in [9.17, 15) is 0 Å². The van der Waals surface area contributed by atoms with Crippen LogP contribution in [0.2, 0.25) is 0 Å². The highest BCUT2D eigenvalue weighted by Gasteiger charge is 2.06. The molecule has 0 radical (unpaired) electrons. The van der Waals surface area contributed by atoms with E-state index in [4.69, 9.17) is 16.1 Å². The number of guanidine groups is 1. The van der Waals surface area contributed by atoms with Gasteiger partial charge >= 0.3 is 0 Å². The predicted octanol–water partition coefficient (Wildman–Crippen LogP) is 2.38. The van der Waals surface area contributed by atoms with Gasteiger partial charge in [0.2, 0.25) is 5.96 Å². The number of rotatable bonds is 8. The fourth-order valence-corrected chi connectivity index (χ4v) is 3.13. The summed E-state index contributed by atoms with van der Waals surface area (Å²) in [5, 5.41) is 15.3. The normalized spacial score (nSPS) is 11.3. The van der Waals surface area contributed by atoms with Crippen LogP contribution >= 0.6 is 11.8 Å². The molecule has 0 spiro atoms. The highest BCUT2D eigenvalue weighted by molar-refractivity contribution is 7.98. The Labute approximate surface area is 158 Å². The molecule has 2 rings (SSSR count). The predicted molar refractivity (Wildman–Crippen MR) is 108 cm³/mol. The van der Waals surface area contributed by atoms with Crippen molar-refractivity contribution in [3.8, 4) is 18.5 Å². The first-order chi connectivity index (χ1) is 12.6. The van der Waals surface area contributed by atoms with Crippen molar-refractivity contribution in [2.45, 2.75) is 12.3 Å². The number of benzene rings is 1. The number of furan rings is 1. The first kappa shape index (κ1) is 19.7. The molecule has 1 aromatic carbocycles. The van der Waals surface area contributed by atoms with Crippen molar-refractivity contribution in [3.63, 3.8) is 0 Å². The number of terminal acetylenes is 1. The third kappa shape index (κ3) is 6.36. The van der Waals surface area contributed by atoms with Crippen LogP contribution in [0.5, 0.6) is 0 Å². The number of fused-ring (bicyclic) bond motifs is 1. The average molecular weight is 369 g/mol. The van der Waals surface area contributed by atoms with E-state index in [2.05, 4.69) is 64.8 Å². The van der Waals surface area contributed by atoms with Gasteiger partial charge in [0.1, 0.15) is 17.9 Å². The number of hydrogen-bond donors (Lipinski definition) is 2. The Morgan fingerprint density at radius 1 is 1.38 bits per heavy atom. The van der Waals surface area contributed by atoms with Gasteiger partial charge in [-0.15, -0.1) is 6.42 Å². The smallest absolute Gasteiger partial charge is 0.205 e. The highest BCUT2D eigenvalue weighted by atomic mass is 32.2. The first-order valence-corrected chi connectivity index (χ1v) is 9.38. The summed E-state index contributed by atoms with van der Waals surface area (Å²) in [7, 11) is 4.11. The van der Waals surface area contributed by atoms with Gasteiger partial charge in [0.15, 0.2) is 6.19 Å². The van der Waals surface area contributed by atoms with Crippen molar-refractivity contribution < 1.29 is 4.42 Å². The SMILES string of the molecule is C#CC/N=C(\NC#N)NCCSCc1cc2ccc(CN(C)C)cc2o1. The van der Waals surface area contributed by atoms with E-state index in [-0.39, 0.29) is 6.54 Å². The maximum atomic E-state index is 8.67. The molecule has 0 saturated carbocycles. The molecular formula is C19H23N5OS. The van der Waals surface area contributed by atoms with Crippen molar-refractivity contribution in [2.24, 2.45) is 4.99 Å². The zero-order valence-corrected chi connectivity index (χ0v) is 15.9. The largest absolute Gasteiger partial charge is 0.460 e. The summed E-state index contributed by atoms with van der Waals surface area (Å²) in [6.07, 6.45) is 7.00. The summed E-state index contributed by atoms with van der Waals surface area (Å²) in [6.45, 7) is 1.81. The molecule has 0 unspecified atom stereocenters. The van der Waals surface area contributed by atoms with Crippen molar-refractivity contribution in [1.82, 2.24) is 15.5 Å². The molecule has 0 amide bonds. The molecule has 0 bridgehead atoms. The Morgan fingerprint density at radius 2 is 2.23 bits per heavy atom. The van der Waals surface area contributed by atoms with Gasteiger partial charge in [0, 0.05) is 24.2 Å². The summed E-state index contributed by atoms with van der Waals surface area (Å²) in [4.78, 5) is 6.18. The molecule has 2 N–H and O–H groups in total.